The van der Waals surface area contributed by atoms with Crippen molar-refractivity contribution in [3.63, 3.8) is 0 Å². The number of carbonyl (C=O) groups is 1. The molecular formula is C7H12F6N2O6S2. The lowest BCUT2D eigenvalue weighted by molar-refractivity contribution is -0.139. The third-order valence-corrected chi connectivity index (χ3v) is 4.81. The number of nitrogens with two attached hydrogens (primary N) is 1. The average molecular weight is 398 g/mol. The Hall–Kier alpha value is -1.13. The van der Waals surface area contributed by atoms with Gasteiger partial charge in [0, 0.05) is 0 Å². The summed E-state index contributed by atoms with van der Waals surface area (Å²) >= 11 is 0. The monoisotopic (exact) mass is 398 g/mol. The van der Waals surface area contributed by atoms with Crippen LogP contribution in [-0.2, 0) is 24.8 Å². The fraction of sp³-hybridized carbons (Fsp3) is 0.857. The molecule has 0 heterocycles. The maximum Gasteiger partial charge on any atom is 0.512 e. The zero-order valence-corrected chi connectivity index (χ0v) is 12.9. The zero-order chi connectivity index (χ0) is 19.4. The summed E-state index contributed by atoms with van der Waals surface area (Å²) in [7, 11) is -13.2. The molecule has 0 bridgehead atoms. The average Bonchev–Trinajstić information content (AvgIpc) is 2.23. The second kappa shape index (κ2) is 7.63. The van der Waals surface area contributed by atoms with Gasteiger partial charge in [-0.3, -0.25) is 4.79 Å². The second-order valence-electron chi connectivity index (χ2n) is 4.09. The number of hydrogen-bond acceptors (Lipinski definition) is 6. The van der Waals surface area contributed by atoms with E-state index in [0.717, 1.165) is 0 Å². The van der Waals surface area contributed by atoms with E-state index in [1.54, 1.807) is 13.8 Å². The van der Waals surface area contributed by atoms with E-state index in [0.29, 0.717) is 0 Å². The smallest absolute Gasteiger partial charge is 0.480 e. The fourth-order valence-corrected chi connectivity index (χ4v) is 2.44. The minimum atomic E-state index is -6.60. The fourth-order valence-electron chi connectivity index (χ4n) is 0.524. The Balaban J connectivity index is 0. The minimum absolute atomic E-state index is 0.0208. The maximum absolute atomic E-state index is 11.5. The summed E-state index contributed by atoms with van der Waals surface area (Å²) in [6.45, 7) is 3.55. The van der Waals surface area contributed by atoms with Gasteiger partial charge in [-0.15, -0.1) is 0 Å². The summed E-state index contributed by atoms with van der Waals surface area (Å²) in [6, 6.07) is -0.713. The van der Waals surface area contributed by atoms with Crippen LogP contribution >= 0.6 is 0 Å². The molecule has 0 rings (SSSR count). The van der Waals surface area contributed by atoms with Crippen molar-refractivity contribution in [2.75, 3.05) is 0 Å². The first-order chi connectivity index (χ1) is 9.76. The first-order valence-corrected chi connectivity index (χ1v) is 8.12. The molecule has 0 spiro atoms. The van der Waals surface area contributed by atoms with Crippen molar-refractivity contribution < 1.29 is 53.1 Å². The van der Waals surface area contributed by atoms with Crippen LogP contribution in [0, 0.1) is 5.92 Å². The summed E-state index contributed by atoms with van der Waals surface area (Å²) in [4.78, 5) is 10.0. The third kappa shape index (κ3) is 7.80. The minimum Gasteiger partial charge on any atom is -0.480 e. The van der Waals surface area contributed by atoms with Gasteiger partial charge < -0.3 is 10.8 Å². The lowest BCUT2D eigenvalue weighted by Crippen LogP contribution is -2.45. The van der Waals surface area contributed by atoms with Crippen LogP contribution in [0.5, 0.6) is 0 Å². The van der Waals surface area contributed by atoms with Crippen molar-refractivity contribution in [2.45, 2.75) is 30.9 Å². The largest absolute Gasteiger partial charge is 0.512 e. The van der Waals surface area contributed by atoms with Gasteiger partial charge in [0.15, 0.2) is 0 Å². The molecule has 0 aliphatic heterocycles. The highest BCUT2D eigenvalue weighted by molar-refractivity contribution is 8.05. The van der Waals surface area contributed by atoms with Gasteiger partial charge in [0.2, 0.25) is 0 Å². The van der Waals surface area contributed by atoms with Gasteiger partial charge in [-0.1, -0.05) is 18.0 Å². The predicted octanol–water partition coefficient (Wildman–Crippen LogP) is 0.330. The van der Waals surface area contributed by atoms with E-state index in [-0.39, 0.29) is 5.92 Å². The van der Waals surface area contributed by atoms with Gasteiger partial charge in [-0.25, -0.2) is 16.8 Å². The molecule has 0 aliphatic rings. The number of carboxylic acid groups (broad SMARTS) is 1. The molecule has 0 aromatic heterocycles. The summed E-state index contributed by atoms with van der Waals surface area (Å²) in [5, 5.41) is 8.23. The van der Waals surface area contributed by atoms with Gasteiger partial charge in [0.1, 0.15) is 6.04 Å². The van der Waals surface area contributed by atoms with Crippen LogP contribution in [-0.4, -0.2) is 45.0 Å². The summed E-state index contributed by atoms with van der Waals surface area (Å²) in [5.74, 6) is -0.910. The molecule has 1 atom stereocenters. The van der Waals surface area contributed by atoms with Crippen molar-refractivity contribution in [1.29, 1.82) is 0 Å². The number of hydrogen-bond donors (Lipinski definition) is 3. The van der Waals surface area contributed by atoms with Crippen molar-refractivity contribution in [3.05, 3.63) is 0 Å². The molecule has 0 saturated carbocycles. The van der Waals surface area contributed by atoms with E-state index in [2.05, 4.69) is 0 Å². The highest BCUT2D eigenvalue weighted by Crippen LogP contribution is 2.27. The lowest BCUT2D eigenvalue weighted by Gasteiger charge is -2.11. The molecule has 0 radical (unpaired) electrons. The van der Waals surface area contributed by atoms with Crippen LogP contribution in [0.2, 0.25) is 0 Å². The summed E-state index contributed by atoms with van der Waals surface area (Å²) in [6.07, 6.45) is 0. The Bertz CT molecular complexity index is 566. The van der Waals surface area contributed by atoms with Crippen molar-refractivity contribution in [2.24, 2.45) is 11.7 Å². The second-order valence-corrected chi connectivity index (χ2v) is 7.70. The first kappa shape index (κ1) is 24.1. The Morgan fingerprint density at radius 3 is 1.30 bits per heavy atom. The van der Waals surface area contributed by atoms with Crippen LogP contribution in [0.25, 0.3) is 0 Å². The highest BCUT2D eigenvalue weighted by atomic mass is 32.3. The van der Waals surface area contributed by atoms with Crippen LogP contribution in [0.3, 0.4) is 0 Å². The van der Waals surface area contributed by atoms with Gasteiger partial charge in [-0.2, -0.15) is 26.3 Å². The predicted molar refractivity (Wildman–Crippen MR) is 63.5 cm³/mol. The lowest BCUT2D eigenvalue weighted by atomic mass is 10.1. The topological polar surface area (TPSA) is 144 Å². The van der Waals surface area contributed by atoms with E-state index >= 15 is 0 Å². The molecule has 4 N–H and O–H groups in total. The molecule has 8 nitrogen and oxygen atoms in total. The molecule has 23 heavy (non-hydrogen) atoms. The number of aliphatic carboxylic acids is 1. The van der Waals surface area contributed by atoms with Gasteiger partial charge in [0.05, 0.1) is 0 Å². The molecule has 0 saturated heterocycles. The third-order valence-electron chi connectivity index (χ3n) is 1.83. The van der Waals surface area contributed by atoms with E-state index in [9.17, 15) is 48.0 Å². The Morgan fingerprint density at radius 1 is 0.957 bits per heavy atom. The molecule has 0 amide bonds. The van der Waals surface area contributed by atoms with E-state index < -0.39 is 47.2 Å². The summed E-state index contributed by atoms with van der Waals surface area (Å²) < 4.78 is 108. The van der Waals surface area contributed by atoms with Crippen molar-refractivity contribution >= 4 is 26.0 Å². The first-order valence-electron chi connectivity index (χ1n) is 5.15. The molecule has 0 unspecified atom stereocenters. The zero-order valence-electron chi connectivity index (χ0n) is 11.3. The van der Waals surface area contributed by atoms with E-state index in [4.69, 9.17) is 10.8 Å². The van der Waals surface area contributed by atoms with Gasteiger partial charge in [-0.05, 0) is 5.92 Å². The number of rotatable bonds is 4. The molecule has 140 valence electrons. The van der Waals surface area contributed by atoms with Crippen LogP contribution in [0.15, 0.2) is 0 Å². The van der Waals surface area contributed by atoms with Crippen molar-refractivity contribution in [3.8, 4) is 0 Å². The standard InChI is InChI=1S/C5H11NO2.C2HF6NO4S2/c1-3(2)4(6)5(7)8;3-1(4,5)14(10,11)9-15(12,13)2(6,7)8/h3-4H,6H2,1-2H3,(H,7,8);9H/t4-;/m0./s1. The number of carboxylic acids is 1. The quantitative estimate of drug-likeness (QED) is 0.579. The molecule has 0 aromatic carbocycles. The molecule has 0 aliphatic carbocycles. The van der Waals surface area contributed by atoms with Crippen LogP contribution in [0.1, 0.15) is 13.8 Å². The highest BCUT2D eigenvalue weighted by Gasteiger charge is 2.55. The maximum atomic E-state index is 11.5. The van der Waals surface area contributed by atoms with E-state index in [1.165, 1.54) is 0 Å². The molecule has 0 aromatic rings. The Kier molecular flexibility index (Phi) is 8.00. The molecular weight excluding hydrogens is 386 g/mol. The van der Waals surface area contributed by atoms with Gasteiger partial charge in [0.25, 0.3) is 0 Å². The molecule has 0 fully saturated rings. The van der Waals surface area contributed by atoms with E-state index in [1.807, 2.05) is 0 Å². The van der Waals surface area contributed by atoms with Gasteiger partial charge >= 0.3 is 37.0 Å². The summed E-state index contributed by atoms with van der Waals surface area (Å²) in [5.41, 5.74) is -7.14. The van der Waals surface area contributed by atoms with Crippen LogP contribution < -0.4 is 9.86 Å². The SMILES string of the molecule is CC(C)[C@H](N)C(=O)O.O=S(=O)(NS(=O)(=O)C(F)(F)F)C(F)(F)F. The Labute approximate surface area is 126 Å². The number of halogens is 6. The van der Waals surface area contributed by atoms with Crippen LogP contribution in [0.4, 0.5) is 26.3 Å². The normalized spacial score (nSPS) is 14.9. The number of nitrogens with one attached hydrogen (secondary N) is 1. The molecule has 16 heteroatoms. The number of sulfonamides is 2. The number of alkyl halides is 6. The Morgan fingerprint density at radius 2 is 1.22 bits per heavy atom. The van der Waals surface area contributed by atoms with Crippen molar-refractivity contribution in [1.82, 2.24) is 4.13 Å².